The van der Waals surface area contributed by atoms with Crippen molar-refractivity contribution in [2.45, 2.75) is 6.92 Å². The lowest BCUT2D eigenvalue weighted by Crippen LogP contribution is -2.23. The molecule has 0 bridgehead atoms. The molecule has 0 aliphatic carbocycles. The molecule has 0 radical (unpaired) electrons. The van der Waals surface area contributed by atoms with Gasteiger partial charge in [0.25, 0.3) is 0 Å². The molecular weight excluding hydrogens is 346 g/mol. The number of benzene rings is 2. The van der Waals surface area contributed by atoms with Crippen molar-refractivity contribution in [3.63, 3.8) is 0 Å². The number of hydrazone groups is 1. The van der Waals surface area contributed by atoms with Crippen molar-refractivity contribution >= 4 is 62.3 Å². The topological polar surface area (TPSA) is 36.4 Å². The maximum absolute atomic E-state index is 5.85. The average Bonchev–Trinajstić information content (AvgIpc) is 2.86. The largest absolute Gasteiger partial charge is 0.331 e. The molecule has 23 heavy (non-hydrogen) atoms. The van der Waals surface area contributed by atoms with Crippen LogP contribution in [0, 0.1) is 6.92 Å². The number of hydrogen-bond acceptors (Lipinski definition) is 3. The van der Waals surface area contributed by atoms with Crippen LogP contribution in [0.25, 0.3) is 10.1 Å². The second-order valence-corrected chi connectivity index (χ2v) is 6.85. The van der Waals surface area contributed by atoms with Crippen LogP contribution in [0.4, 0.5) is 5.69 Å². The van der Waals surface area contributed by atoms with E-state index in [1.54, 1.807) is 29.7 Å². The number of anilines is 1. The molecule has 3 rings (SSSR count). The van der Waals surface area contributed by atoms with Crippen LogP contribution in [-0.4, -0.2) is 11.3 Å². The highest BCUT2D eigenvalue weighted by atomic mass is 35.5. The van der Waals surface area contributed by atoms with E-state index in [1.807, 2.05) is 24.3 Å². The van der Waals surface area contributed by atoms with Crippen LogP contribution in [0.2, 0.25) is 5.02 Å². The molecule has 2 aromatic carbocycles. The summed E-state index contributed by atoms with van der Waals surface area (Å²) in [7, 11) is 0. The van der Waals surface area contributed by atoms with Crippen LogP contribution in [-0.2, 0) is 0 Å². The molecular formula is C17H14ClN3S2. The van der Waals surface area contributed by atoms with E-state index in [-0.39, 0.29) is 0 Å². The fourth-order valence-corrected chi connectivity index (χ4v) is 3.54. The molecule has 0 fully saturated rings. The number of nitrogens with zero attached hydrogens (tertiary/aromatic N) is 1. The Morgan fingerprint density at radius 1 is 1.17 bits per heavy atom. The molecule has 0 amide bonds. The lowest BCUT2D eigenvalue weighted by molar-refractivity contribution is 1.05. The van der Waals surface area contributed by atoms with Gasteiger partial charge in [-0.3, -0.25) is 5.43 Å². The van der Waals surface area contributed by atoms with Gasteiger partial charge in [0.1, 0.15) is 0 Å². The highest BCUT2D eigenvalue weighted by Gasteiger charge is 2.05. The van der Waals surface area contributed by atoms with Crippen molar-refractivity contribution in [3.8, 4) is 0 Å². The SMILES string of the molecule is Cc1c(C=NNC(=S)Nc2ccc(Cl)cc2)sc2ccccc12. The van der Waals surface area contributed by atoms with E-state index in [1.165, 1.54) is 15.6 Å². The second kappa shape index (κ2) is 7.08. The van der Waals surface area contributed by atoms with Gasteiger partial charge in [0.05, 0.1) is 11.1 Å². The normalized spacial score (nSPS) is 11.0. The number of hydrogen-bond donors (Lipinski definition) is 2. The van der Waals surface area contributed by atoms with E-state index in [0.717, 1.165) is 10.6 Å². The standard InChI is InChI=1S/C17H14ClN3S2/c1-11-14-4-2-3-5-15(14)23-16(11)10-19-21-17(22)20-13-8-6-12(18)7-9-13/h2-10H,1H3,(H2,20,21,22). The molecule has 0 saturated carbocycles. The van der Waals surface area contributed by atoms with Gasteiger partial charge >= 0.3 is 0 Å². The predicted molar refractivity (Wildman–Crippen MR) is 105 cm³/mol. The number of halogens is 1. The molecule has 0 aliphatic heterocycles. The van der Waals surface area contributed by atoms with Crippen LogP contribution < -0.4 is 10.7 Å². The van der Waals surface area contributed by atoms with Crippen molar-refractivity contribution in [3.05, 3.63) is 64.0 Å². The molecule has 3 nitrogen and oxygen atoms in total. The fraction of sp³-hybridized carbons (Fsp3) is 0.0588. The van der Waals surface area contributed by atoms with Gasteiger partial charge in [-0.25, -0.2) is 0 Å². The van der Waals surface area contributed by atoms with Crippen LogP contribution in [0.3, 0.4) is 0 Å². The minimum absolute atomic E-state index is 0.433. The van der Waals surface area contributed by atoms with Gasteiger partial charge in [-0.2, -0.15) is 5.10 Å². The predicted octanol–water partition coefficient (Wildman–Crippen LogP) is 5.18. The smallest absolute Gasteiger partial charge is 0.191 e. The first-order valence-electron chi connectivity index (χ1n) is 6.97. The molecule has 0 saturated heterocycles. The highest BCUT2D eigenvalue weighted by Crippen LogP contribution is 2.29. The summed E-state index contributed by atoms with van der Waals surface area (Å²) >= 11 is 12.8. The second-order valence-electron chi connectivity index (χ2n) is 4.92. The van der Waals surface area contributed by atoms with Crippen molar-refractivity contribution < 1.29 is 0 Å². The van der Waals surface area contributed by atoms with Gasteiger partial charge in [-0.1, -0.05) is 29.8 Å². The van der Waals surface area contributed by atoms with Gasteiger partial charge in [-0.15, -0.1) is 11.3 Å². The molecule has 1 aromatic heterocycles. The van der Waals surface area contributed by atoms with Crippen molar-refractivity contribution in [1.29, 1.82) is 0 Å². The Balaban J connectivity index is 1.64. The van der Waals surface area contributed by atoms with Gasteiger partial charge in [-0.05, 0) is 60.4 Å². The van der Waals surface area contributed by atoms with Crippen molar-refractivity contribution in [1.82, 2.24) is 5.43 Å². The average molecular weight is 360 g/mol. The number of aryl methyl sites for hydroxylation is 1. The number of thiocarbonyl (C=S) groups is 1. The van der Waals surface area contributed by atoms with E-state index in [9.17, 15) is 0 Å². The Labute approximate surface area is 149 Å². The van der Waals surface area contributed by atoms with E-state index in [4.69, 9.17) is 23.8 Å². The van der Waals surface area contributed by atoms with Gasteiger partial charge in [0, 0.05) is 15.4 Å². The summed E-state index contributed by atoms with van der Waals surface area (Å²) < 4.78 is 1.26. The minimum Gasteiger partial charge on any atom is -0.331 e. The van der Waals surface area contributed by atoms with E-state index >= 15 is 0 Å². The molecule has 116 valence electrons. The zero-order chi connectivity index (χ0) is 16.2. The van der Waals surface area contributed by atoms with Gasteiger partial charge in [0.2, 0.25) is 0 Å². The molecule has 0 atom stereocenters. The summed E-state index contributed by atoms with van der Waals surface area (Å²) in [6.45, 7) is 2.10. The summed E-state index contributed by atoms with van der Waals surface area (Å²) in [5.74, 6) is 0. The minimum atomic E-state index is 0.433. The third-order valence-electron chi connectivity index (χ3n) is 3.33. The monoisotopic (exact) mass is 359 g/mol. The van der Waals surface area contributed by atoms with E-state index in [0.29, 0.717) is 10.1 Å². The molecule has 6 heteroatoms. The summed E-state index contributed by atoms with van der Waals surface area (Å²) in [6, 6.07) is 15.6. The molecule has 0 unspecified atom stereocenters. The Bertz CT molecular complexity index is 869. The molecule has 0 aliphatic rings. The van der Waals surface area contributed by atoms with Crippen molar-refractivity contribution in [2.75, 3.05) is 5.32 Å². The lowest BCUT2D eigenvalue weighted by Gasteiger charge is -2.06. The Kier molecular flexibility index (Phi) is 4.91. The molecule has 3 aromatic rings. The van der Waals surface area contributed by atoms with E-state index < -0.39 is 0 Å². The van der Waals surface area contributed by atoms with Crippen LogP contribution in [0.15, 0.2) is 53.6 Å². The fourth-order valence-electron chi connectivity index (χ4n) is 2.16. The van der Waals surface area contributed by atoms with Gasteiger partial charge in [0.15, 0.2) is 5.11 Å². The lowest BCUT2D eigenvalue weighted by atomic mass is 10.1. The first-order chi connectivity index (χ1) is 11.1. The van der Waals surface area contributed by atoms with E-state index in [2.05, 4.69) is 34.9 Å². The maximum Gasteiger partial charge on any atom is 0.191 e. The molecule has 1 heterocycles. The first-order valence-corrected chi connectivity index (χ1v) is 8.57. The summed E-state index contributed by atoms with van der Waals surface area (Å²) in [4.78, 5) is 1.12. The Morgan fingerprint density at radius 2 is 1.91 bits per heavy atom. The molecule has 2 N–H and O–H groups in total. The third kappa shape index (κ3) is 3.88. The molecule has 0 spiro atoms. The summed E-state index contributed by atoms with van der Waals surface area (Å²) in [5, 5.41) is 9.65. The maximum atomic E-state index is 5.85. The number of nitrogens with one attached hydrogen (secondary N) is 2. The first kappa shape index (κ1) is 15.9. The van der Waals surface area contributed by atoms with Crippen LogP contribution >= 0.6 is 35.2 Å². The quantitative estimate of drug-likeness (QED) is 0.384. The zero-order valence-electron chi connectivity index (χ0n) is 12.3. The third-order valence-corrected chi connectivity index (χ3v) is 4.98. The number of fused-ring (bicyclic) bond motifs is 1. The van der Waals surface area contributed by atoms with Gasteiger partial charge < -0.3 is 5.32 Å². The Morgan fingerprint density at radius 3 is 2.65 bits per heavy atom. The summed E-state index contributed by atoms with van der Waals surface area (Å²) in [6.07, 6.45) is 1.80. The highest BCUT2D eigenvalue weighted by molar-refractivity contribution is 7.80. The Hall–Kier alpha value is -1.95. The number of thiophene rings is 1. The van der Waals surface area contributed by atoms with Crippen molar-refractivity contribution in [2.24, 2.45) is 5.10 Å². The van der Waals surface area contributed by atoms with Crippen LogP contribution in [0.1, 0.15) is 10.4 Å². The zero-order valence-corrected chi connectivity index (χ0v) is 14.7. The number of rotatable bonds is 3. The van der Waals surface area contributed by atoms with Crippen LogP contribution in [0.5, 0.6) is 0 Å². The summed E-state index contributed by atoms with van der Waals surface area (Å²) in [5.41, 5.74) is 4.92.